The molecular weight excluding hydrogens is 351 g/mol. The minimum atomic E-state index is -4.19. The highest BCUT2D eigenvalue weighted by atomic mass is 32.1. The summed E-state index contributed by atoms with van der Waals surface area (Å²) in [5.41, 5.74) is 1.61. The van der Waals surface area contributed by atoms with Crippen molar-refractivity contribution in [3.05, 3.63) is 16.0 Å². The van der Waals surface area contributed by atoms with Crippen molar-refractivity contribution in [1.29, 1.82) is 5.26 Å². The summed E-state index contributed by atoms with van der Waals surface area (Å²) in [6.07, 6.45) is 0.120. The van der Waals surface area contributed by atoms with Gasteiger partial charge in [0.05, 0.1) is 12.0 Å². The normalized spacial score (nSPS) is 14.7. The van der Waals surface area contributed by atoms with Gasteiger partial charge in [0.2, 0.25) is 5.91 Å². The van der Waals surface area contributed by atoms with Gasteiger partial charge < -0.3 is 10.2 Å². The summed E-state index contributed by atoms with van der Waals surface area (Å²) in [7, 11) is 1.56. The Hall–Kier alpha value is -1.59. The fourth-order valence-electron chi connectivity index (χ4n) is 2.86. The van der Waals surface area contributed by atoms with Crippen LogP contribution in [0, 0.1) is 11.3 Å². The van der Waals surface area contributed by atoms with Crippen LogP contribution in [0.4, 0.5) is 18.2 Å². The SMILES string of the molecule is CN(CCC(=O)Nc1sc2c(c1C#N)CCCCC2)CCC(F)(F)F. The number of nitrogens with one attached hydrogen (secondary N) is 1. The number of alkyl halides is 3. The van der Waals surface area contributed by atoms with E-state index in [4.69, 9.17) is 0 Å². The molecule has 0 aliphatic heterocycles. The molecule has 0 radical (unpaired) electrons. The van der Waals surface area contributed by atoms with Crippen molar-refractivity contribution in [3.63, 3.8) is 0 Å². The minimum absolute atomic E-state index is 0.0990. The number of fused-ring (bicyclic) bond motifs is 1. The van der Waals surface area contributed by atoms with Gasteiger partial charge in [-0.25, -0.2) is 0 Å². The molecule has 8 heteroatoms. The molecule has 25 heavy (non-hydrogen) atoms. The predicted molar refractivity (Wildman–Crippen MR) is 91.7 cm³/mol. The molecule has 0 spiro atoms. The van der Waals surface area contributed by atoms with Gasteiger partial charge in [-0.3, -0.25) is 4.79 Å². The van der Waals surface area contributed by atoms with Gasteiger partial charge in [0.15, 0.2) is 0 Å². The third-order valence-corrected chi connectivity index (χ3v) is 5.49. The minimum Gasteiger partial charge on any atom is -0.317 e. The van der Waals surface area contributed by atoms with Gasteiger partial charge in [0.1, 0.15) is 11.1 Å². The van der Waals surface area contributed by atoms with Gasteiger partial charge in [0.25, 0.3) is 0 Å². The summed E-state index contributed by atoms with van der Waals surface area (Å²) in [5, 5.41) is 12.8. The van der Waals surface area contributed by atoms with Crippen LogP contribution < -0.4 is 5.32 Å². The van der Waals surface area contributed by atoms with Gasteiger partial charge in [-0.05, 0) is 38.3 Å². The second-order valence-electron chi connectivity index (χ2n) is 6.35. The second-order valence-corrected chi connectivity index (χ2v) is 7.45. The molecule has 0 unspecified atom stereocenters. The number of hydrogen-bond acceptors (Lipinski definition) is 4. The van der Waals surface area contributed by atoms with Crippen molar-refractivity contribution in [2.75, 3.05) is 25.5 Å². The lowest BCUT2D eigenvalue weighted by atomic mass is 10.1. The third-order valence-electron chi connectivity index (χ3n) is 4.28. The molecule has 0 saturated carbocycles. The molecule has 1 aromatic rings. The first-order valence-electron chi connectivity index (χ1n) is 8.40. The van der Waals surface area contributed by atoms with Crippen LogP contribution in [0.2, 0.25) is 0 Å². The first-order chi connectivity index (χ1) is 11.8. The van der Waals surface area contributed by atoms with Gasteiger partial charge in [-0.2, -0.15) is 18.4 Å². The summed E-state index contributed by atoms with van der Waals surface area (Å²) < 4.78 is 36.6. The maximum atomic E-state index is 12.2. The molecule has 1 aromatic heterocycles. The topological polar surface area (TPSA) is 56.1 Å². The number of anilines is 1. The maximum Gasteiger partial charge on any atom is 0.390 e. The lowest BCUT2D eigenvalue weighted by molar-refractivity contribution is -0.137. The Bertz CT molecular complexity index is 649. The van der Waals surface area contributed by atoms with Crippen LogP contribution in [-0.4, -0.2) is 37.1 Å². The number of hydrogen-bond donors (Lipinski definition) is 1. The van der Waals surface area contributed by atoms with Crippen LogP contribution in [0.25, 0.3) is 0 Å². The number of rotatable bonds is 6. The zero-order valence-corrected chi connectivity index (χ0v) is 15.0. The molecule has 0 saturated heterocycles. The van der Waals surface area contributed by atoms with Crippen molar-refractivity contribution < 1.29 is 18.0 Å². The summed E-state index contributed by atoms with van der Waals surface area (Å²) in [5.74, 6) is -0.272. The van der Waals surface area contributed by atoms with Gasteiger partial charge >= 0.3 is 6.18 Å². The monoisotopic (exact) mass is 373 g/mol. The van der Waals surface area contributed by atoms with E-state index >= 15 is 0 Å². The van der Waals surface area contributed by atoms with Gasteiger partial charge in [0, 0.05) is 24.4 Å². The molecular formula is C17H22F3N3OS. The third kappa shape index (κ3) is 6.01. The van der Waals surface area contributed by atoms with E-state index in [0.29, 0.717) is 10.6 Å². The molecule has 0 atom stereocenters. The average Bonchev–Trinajstić information content (AvgIpc) is 2.70. The summed E-state index contributed by atoms with van der Waals surface area (Å²) in [4.78, 5) is 14.8. The smallest absolute Gasteiger partial charge is 0.317 e. The van der Waals surface area contributed by atoms with Crippen molar-refractivity contribution in [3.8, 4) is 6.07 Å². The highest BCUT2D eigenvalue weighted by Gasteiger charge is 2.27. The van der Waals surface area contributed by atoms with E-state index in [9.17, 15) is 23.2 Å². The molecule has 0 fully saturated rings. The van der Waals surface area contributed by atoms with E-state index in [2.05, 4.69) is 11.4 Å². The van der Waals surface area contributed by atoms with Crippen LogP contribution in [0.3, 0.4) is 0 Å². The fraction of sp³-hybridized carbons (Fsp3) is 0.647. The highest BCUT2D eigenvalue weighted by molar-refractivity contribution is 7.16. The summed E-state index contributed by atoms with van der Waals surface area (Å²) in [6, 6.07) is 2.20. The first kappa shape index (κ1) is 19.7. The van der Waals surface area contributed by atoms with Crippen LogP contribution in [0.15, 0.2) is 0 Å². The first-order valence-corrected chi connectivity index (χ1v) is 9.21. The van der Waals surface area contributed by atoms with Gasteiger partial charge in [-0.15, -0.1) is 11.3 Å². The number of amides is 1. The molecule has 138 valence electrons. The number of aryl methyl sites for hydroxylation is 1. The number of carbonyl (C=O) groups excluding carboxylic acids is 1. The zero-order chi connectivity index (χ0) is 18.4. The van der Waals surface area contributed by atoms with Crippen molar-refractivity contribution in [2.24, 2.45) is 0 Å². The zero-order valence-electron chi connectivity index (χ0n) is 14.2. The van der Waals surface area contributed by atoms with E-state index in [1.54, 1.807) is 7.05 Å². The van der Waals surface area contributed by atoms with E-state index in [-0.39, 0.29) is 25.4 Å². The number of nitrogens with zero attached hydrogens (tertiary/aromatic N) is 2. The molecule has 1 N–H and O–H groups in total. The Morgan fingerprint density at radius 1 is 1.28 bits per heavy atom. The van der Waals surface area contributed by atoms with E-state index in [0.717, 1.165) is 37.7 Å². The molecule has 0 bridgehead atoms. The number of carbonyl (C=O) groups is 1. The number of nitriles is 1. The highest BCUT2D eigenvalue weighted by Crippen LogP contribution is 2.37. The van der Waals surface area contributed by atoms with Crippen molar-refractivity contribution in [2.45, 2.75) is 51.1 Å². The van der Waals surface area contributed by atoms with Crippen LogP contribution >= 0.6 is 11.3 Å². The lowest BCUT2D eigenvalue weighted by Crippen LogP contribution is -2.28. The quantitative estimate of drug-likeness (QED) is 0.764. The summed E-state index contributed by atoms with van der Waals surface area (Å²) in [6.45, 7) is 0.114. The Kier molecular flexibility index (Phi) is 6.85. The van der Waals surface area contributed by atoms with Crippen molar-refractivity contribution >= 4 is 22.2 Å². The average molecular weight is 373 g/mol. The Balaban J connectivity index is 1.89. The van der Waals surface area contributed by atoms with Crippen molar-refractivity contribution in [1.82, 2.24) is 4.90 Å². The van der Waals surface area contributed by atoms with E-state index in [1.807, 2.05) is 0 Å². The standard InChI is InChI=1S/C17H22F3N3OS/c1-23(10-8-17(18,19)20)9-7-15(24)22-16-13(11-21)12-5-3-2-4-6-14(12)25-16/h2-10H2,1H3,(H,22,24). The molecule has 4 nitrogen and oxygen atoms in total. The van der Waals surface area contributed by atoms with Gasteiger partial charge in [-0.1, -0.05) is 6.42 Å². The Labute approximate surface area is 149 Å². The molecule has 1 heterocycles. The fourth-order valence-corrected chi connectivity index (χ4v) is 4.12. The lowest BCUT2D eigenvalue weighted by Gasteiger charge is -2.17. The van der Waals surface area contributed by atoms with Crippen LogP contribution in [-0.2, 0) is 17.6 Å². The Morgan fingerprint density at radius 2 is 2.00 bits per heavy atom. The Morgan fingerprint density at radius 3 is 2.68 bits per heavy atom. The van der Waals surface area contributed by atoms with E-state index in [1.165, 1.54) is 21.1 Å². The predicted octanol–water partition coefficient (Wildman–Crippen LogP) is 4.10. The van der Waals surface area contributed by atoms with Crippen LogP contribution in [0.5, 0.6) is 0 Å². The molecule has 0 aromatic carbocycles. The van der Waals surface area contributed by atoms with E-state index < -0.39 is 12.6 Å². The summed E-state index contributed by atoms with van der Waals surface area (Å²) >= 11 is 1.46. The molecule has 1 aliphatic carbocycles. The largest absolute Gasteiger partial charge is 0.390 e. The second kappa shape index (κ2) is 8.68. The molecule has 1 amide bonds. The molecule has 2 rings (SSSR count). The van der Waals surface area contributed by atoms with Crippen LogP contribution in [0.1, 0.15) is 48.1 Å². The maximum absolute atomic E-state index is 12.2. The number of halogens is 3. The number of thiophene rings is 1. The molecule has 1 aliphatic rings.